The van der Waals surface area contributed by atoms with Gasteiger partial charge >= 0.3 is 0 Å². The monoisotopic (exact) mass is 369 g/mol. The zero-order valence-electron chi connectivity index (χ0n) is 15.9. The number of anilines is 3. The number of hydrogen-bond donors (Lipinski definition) is 0. The maximum absolute atomic E-state index is 2.33. The lowest BCUT2D eigenvalue weighted by Crippen LogP contribution is -2.11. The zero-order chi connectivity index (χ0) is 19.2. The van der Waals surface area contributed by atoms with Crippen LogP contribution in [0.5, 0.6) is 0 Å². The molecule has 0 saturated heterocycles. The van der Waals surface area contributed by atoms with Crippen molar-refractivity contribution < 1.29 is 0 Å². The van der Waals surface area contributed by atoms with Crippen molar-refractivity contribution in [1.82, 2.24) is 0 Å². The van der Waals surface area contributed by atoms with Gasteiger partial charge in [0.15, 0.2) is 0 Å². The Kier molecular flexibility index (Phi) is 3.54. The van der Waals surface area contributed by atoms with Gasteiger partial charge in [0.25, 0.3) is 0 Å². The minimum Gasteiger partial charge on any atom is -0.310 e. The van der Waals surface area contributed by atoms with E-state index in [1.807, 2.05) is 0 Å². The van der Waals surface area contributed by atoms with E-state index in [9.17, 15) is 0 Å². The van der Waals surface area contributed by atoms with E-state index in [0.29, 0.717) is 0 Å². The molecule has 1 aliphatic carbocycles. The van der Waals surface area contributed by atoms with E-state index in [0.717, 1.165) is 11.4 Å². The number of benzene rings is 5. The fraction of sp³-hybridized carbons (Fsp3) is 0. The molecular weight excluding hydrogens is 350 g/mol. The predicted molar refractivity (Wildman–Crippen MR) is 123 cm³/mol. The van der Waals surface area contributed by atoms with Crippen molar-refractivity contribution in [2.24, 2.45) is 0 Å². The van der Waals surface area contributed by atoms with Crippen molar-refractivity contribution in [3.63, 3.8) is 0 Å². The molecule has 1 nitrogen and oxygen atoms in total. The molecule has 6 rings (SSSR count). The highest BCUT2D eigenvalue weighted by Gasteiger charge is 2.24. The van der Waals surface area contributed by atoms with Gasteiger partial charge in [-0.2, -0.15) is 0 Å². The summed E-state index contributed by atoms with van der Waals surface area (Å²) < 4.78 is 0. The van der Waals surface area contributed by atoms with Crippen molar-refractivity contribution in [1.29, 1.82) is 0 Å². The van der Waals surface area contributed by atoms with Gasteiger partial charge in [0.05, 0.1) is 0 Å². The van der Waals surface area contributed by atoms with Crippen LogP contribution in [0.25, 0.3) is 33.0 Å². The largest absolute Gasteiger partial charge is 0.310 e. The smallest absolute Gasteiger partial charge is 0.0468 e. The maximum Gasteiger partial charge on any atom is 0.0468 e. The van der Waals surface area contributed by atoms with Gasteiger partial charge in [0.2, 0.25) is 0 Å². The molecule has 29 heavy (non-hydrogen) atoms. The van der Waals surface area contributed by atoms with Crippen molar-refractivity contribution >= 4 is 27.8 Å². The fourth-order valence-electron chi connectivity index (χ4n) is 4.35. The highest BCUT2D eigenvalue weighted by molar-refractivity contribution is 6.09. The van der Waals surface area contributed by atoms with Gasteiger partial charge in [-0.25, -0.2) is 0 Å². The lowest BCUT2D eigenvalue weighted by Gasteiger charge is -2.30. The fourth-order valence-corrected chi connectivity index (χ4v) is 4.35. The molecular formula is C28H19N. The van der Waals surface area contributed by atoms with E-state index in [2.05, 4.69) is 120 Å². The second kappa shape index (κ2) is 6.35. The van der Waals surface area contributed by atoms with Crippen LogP contribution < -0.4 is 4.90 Å². The summed E-state index contributed by atoms with van der Waals surface area (Å²) in [5.74, 6) is 0. The van der Waals surface area contributed by atoms with Crippen LogP contribution in [0.15, 0.2) is 115 Å². The van der Waals surface area contributed by atoms with E-state index in [4.69, 9.17) is 0 Å². The summed E-state index contributed by atoms with van der Waals surface area (Å²) in [6, 6.07) is 41.2. The number of fused-ring (bicyclic) bond motifs is 5. The van der Waals surface area contributed by atoms with Crippen molar-refractivity contribution in [2.75, 3.05) is 4.90 Å². The summed E-state index contributed by atoms with van der Waals surface area (Å²) in [5.41, 5.74) is 8.89. The lowest BCUT2D eigenvalue weighted by molar-refractivity contribution is 1.28. The Hall–Kier alpha value is -3.84. The SMILES string of the molecule is c1ccc(N(c2ccccc2)c2ccc3c(c2)-c2cc4ccccc4cc2-3)cc1. The Morgan fingerprint density at radius 1 is 0.345 bits per heavy atom. The molecule has 0 N–H and O–H groups in total. The summed E-state index contributed by atoms with van der Waals surface area (Å²) in [4.78, 5) is 2.32. The molecule has 5 aromatic rings. The number of nitrogens with zero attached hydrogens (tertiary/aromatic N) is 1. The third-order valence-electron chi connectivity index (χ3n) is 5.76. The number of hydrogen-bond acceptors (Lipinski definition) is 1. The molecule has 0 bridgehead atoms. The summed E-state index contributed by atoms with van der Waals surface area (Å²) in [6.07, 6.45) is 0. The maximum atomic E-state index is 2.33. The van der Waals surface area contributed by atoms with E-state index in [1.54, 1.807) is 0 Å². The molecule has 5 aromatic carbocycles. The molecule has 0 radical (unpaired) electrons. The number of rotatable bonds is 3. The third-order valence-corrected chi connectivity index (χ3v) is 5.76. The quantitative estimate of drug-likeness (QED) is 0.306. The van der Waals surface area contributed by atoms with Gasteiger partial charge in [-0.15, -0.1) is 0 Å². The highest BCUT2D eigenvalue weighted by atomic mass is 15.1. The molecule has 1 aliphatic rings. The van der Waals surface area contributed by atoms with Crippen LogP contribution in [-0.4, -0.2) is 0 Å². The van der Waals surface area contributed by atoms with Crippen LogP contribution in [-0.2, 0) is 0 Å². The Balaban J connectivity index is 1.50. The van der Waals surface area contributed by atoms with E-state index in [-0.39, 0.29) is 0 Å². The first-order valence-corrected chi connectivity index (χ1v) is 9.96. The summed E-state index contributed by atoms with van der Waals surface area (Å²) >= 11 is 0. The summed E-state index contributed by atoms with van der Waals surface area (Å²) in [5, 5.41) is 2.60. The van der Waals surface area contributed by atoms with E-state index >= 15 is 0 Å². The van der Waals surface area contributed by atoms with Crippen molar-refractivity contribution in [2.45, 2.75) is 0 Å². The first-order valence-electron chi connectivity index (χ1n) is 9.96. The first-order chi connectivity index (χ1) is 14.4. The average molecular weight is 369 g/mol. The molecule has 0 fully saturated rings. The van der Waals surface area contributed by atoms with Gasteiger partial charge < -0.3 is 4.90 Å². The normalized spacial score (nSPS) is 11.4. The van der Waals surface area contributed by atoms with Gasteiger partial charge in [-0.05, 0) is 81.6 Å². The Morgan fingerprint density at radius 2 is 0.828 bits per heavy atom. The van der Waals surface area contributed by atoms with Crippen LogP contribution in [0.2, 0.25) is 0 Å². The van der Waals surface area contributed by atoms with Crippen LogP contribution in [0.4, 0.5) is 17.1 Å². The van der Waals surface area contributed by atoms with Gasteiger partial charge in [0, 0.05) is 17.1 Å². The molecule has 0 unspecified atom stereocenters. The van der Waals surface area contributed by atoms with Gasteiger partial charge in [-0.1, -0.05) is 66.7 Å². The highest BCUT2D eigenvalue weighted by Crippen LogP contribution is 2.51. The minimum atomic E-state index is 1.16. The molecule has 136 valence electrons. The third kappa shape index (κ3) is 2.55. The Labute approximate surface area is 170 Å². The van der Waals surface area contributed by atoms with E-state index in [1.165, 1.54) is 38.7 Å². The van der Waals surface area contributed by atoms with Gasteiger partial charge in [0.1, 0.15) is 0 Å². The standard InChI is InChI=1S/C28H19N/c1-3-11-22(12-4-1)29(23-13-5-2-6-14-23)24-15-16-25-26-17-20-9-7-8-10-21(20)18-27(26)28(25)19-24/h1-19H. The minimum absolute atomic E-state index is 1.16. The molecule has 0 heterocycles. The second-order valence-corrected chi connectivity index (χ2v) is 7.48. The van der Waals surface area contributed by atoms with Crippen LogP contribution in [0.1, 0.15) is 0 Å². The molecule has 0 aliphatic heterocycles. The van der Waals surface area contributed by atoms with E-state index < -0.39 is 0 Å². The Bertz CT molecular complexity index is 1300. The summed E-state index contributed by atoms with van der Waals surface area (Å²) in [6.45, 7) is 0. The molecule has 0 atom stereocenters. The van der Waals surface area contributed by atoms with Crippen LogP contribution in [0.3, 0.4) is 0 Å². The predicted octanol–water partition coefficient (Wildman–Crippen LogP) is 7.96. The lowest BCUT2D eigenvalue weighted by atomic mass is 9.79. The van der Waals surface area contributed by atoms with Crippen LogP contribution in [0, 0.1) is 0 Å². The molecule has 0 spiro atoms. The van der Waals surface area contributed by atoms with Gasteiger partial charge in [-0.3, -0.25) is 0 Å². The zero-order valence-corrected chi connectivity index (χ0v) is 15.9. The molecule has 0 amide bonds. The number of para-hydroxylation sites is 2. The van der Waals surface area contributed by atoms with Crippen molar-refractivity contribution in [3.05, 3.63) is 115 Å². The van der Waals surface area contributed by atoms with Crippen molar-refractivity contribution in [3.8, 4) is 22.3 Å². The van der Waals surface area contributed by atoms with Crippen LogP contribution >= 0.6 is 0 Å². The second-order valence-electron chi connectivity index (χ2n) is 7.48. The topological polar surface area (TPSA) is 3.24 Å². The summed E-state index contributed by atoms with van der Waals surface area (Å²) in [7, 11) is 0. The molecule has 1 heteroatoms. The average Bonchev–Trinajstić information content (AvgIpc) is 2.79. The molecule has 0 aromatic heterocycles. The molecule has 0 saturated carbocycles. The Morgan fingerprint density at radius 3 is 1.41 bits per heavy atom. The first kappa shape index (κ1) is 16.1.